The van der Waals surface area contributed by atoms with E-state index in [2.05, 4.69) is 20.8 Å². The number of unbranched alkanes of at least 4 members (excludes halogenated alkanes) is 1. The summed E-state index contributed by atoms with van der Waals surface area (Å²) in [4.78, 5) is 0. The Kier molecular flexibility index (Phi) is 6.35. The SMILES string of the molecule is CCC(C)(C)OCCCCC(C)O. The Morgan fingerprint density at radius 2 is 1.92 bits per heavy atom. The summed E-state index contributed by atoms with van der Waals surface area (Å²) < 4.78 is 5.68. The van der Waals surface area contributed by atoms with Gasteiger partial charge in [0.25, 0.3) is 0 Å². The summed E-state index contributed by atoms with van der Waals surface area (Å²) in [5.41, 5.74) is 0.0187. The van der Waals surface area contributed by atoms with Crippen LogP contribution in [0.1, 0.15) is 53.4 Å². The lowest BCUT2D eigenvalue weighted by molar-refractivity contribution is -0.0222. The Hall–Kier alpha value is -0.0800. The molecule has 1 atom stereocenters. The zero-order valence-electron chi connectivity index (χ0n) is 9.47. The molecule has 0 fully saturated rings. The zero-order valence-corrected chi connectivity index (χ0v) is 9.47. The molecular weight excluding hydrogens is 164 g/mol. The molecule has 0 aromatic rings. The van der Waals surface area contributed by atoms with Gasteiger partial charge < -0.3 is 9.84 Å². The molecule has 0 aromatic heterocycles. The van der Waals surface area contributed by atoms with Gasteiger partial charge in [0, 0.05) is 6.61 Å². The quantitative estimate of drug-likeness (QED) is 0.622. The van der Waals surface area contributed by atoms with Crippen molar-refractivity contribution in [3.63, 3.8) is 0 Å². The average molecular weight is 188 g/mol. The first kappa shape index (κ1) is 12.9. The fourth-order valence-corrected chi connectivity index (χ4v) is 0.992. The zero-order chi connectivity index (χ0) is 10.3. The van der Waals surface area contributed by atoms with Crippen molar-refractivity contribution in [1.82, 2.24) is 0 Å². The molecule has 1 unspecified atom stereocenters. The second-order valence-corrected chi connectivity index (χ2v) is 4.31. The van der Waals surface area contributed by atoms with Gasteiger partial charge in [0.05, 0.1) is 11.7 Å². The van der Waals surface area contributed by atoms with Crippen molar-refractivity contribution in [3.8, 4) is 0 Å². The number of hydrogen-bond donors (Lipinski definition) is 1. The van der Waals surface area contributed by atoms with E-state index in [4.69, 9.17) is 9.84 Å². The summed E-state index contributed by atoms with van der Waals surface area (Å²) in [6, 6.07) is 0. The van der Waals surface area contributed by atoms with E-state index in [9.17, 15) is 0 Å². The van der Waals surface area contributed by atoms with Crippen LogP contribution in [0.15, 0.2) is 0 Å². The molecule has 0 spiro atoms. The normalized spacial score (nSPS) is 14.5. The minimum Gasteiger partial charge on any atom is -0.393 e. The first-order valence-corrected chi connectivity index (χ1v) is 5.30. The highest BCUT2D eigenvalue weighted by atomic mass is 16.5. The van der Waals surface area contributed by atoms with E-state index < -0.39 is 0 Å². The average Bonchev–Trinajstić information content (AvgIpc) is 2.03. The van der Waals surface area contributed by atoms with Crippen LogP contribution in [0.3, 0.4) is 0 Å². The van der Waals surface area contributed by atoms with Crippen molar-refractivity contribution in [1.29, 1.82) is 0 Å². The first-order chi connectivity index (χ1) is 5.98. The Balaban J connectivity index is 3.26. The molecule has 0 rings (SSSR count). The van der Waals surface area contributed by atoms with Gasteiger partial charge in [0.15, 0.2) is 0 Å². The maximum atomic E-state index is 9.02. The fourth-order valence-electron chi connectivity index (χ4n) is 0.992. The second-order valence-electron chi connectivity index (χ2n) is 4.31. The second kappa shape index (κ2) is 6.39. The minimum absolute atomic E-state index is 0.0187. The standard InChI is InChI=1S/C11H24O2/c1-5-11(3,4)13-9-7-6-8-10(2)12/h10,12H,5-9H2,1-4H3. The summed E-state index contributed by atoms with van der Waals surface area (Å²) in [7, 11) is 0. The Labute approximate surface area is 82.3 Å². The number of aliphatic hydroxyl groups is 1. The lowest BCUT2D eigenvalue weighted by Crippen LogP contribution is -2.23. The molecule has 0 radical (unpaired) electrons. The first-order valence-electron chi connectivity index (χ1n) is 5.30. The Bertz CT molecular complexity index is 119. The van der Waals surface area contributed by atoms with Crippen molar-refractivity contribution in [2.75, 3.05) is 6.61 Å². The highest BCUT2D eigenvalue weighted by Crippen LogP contribution is 2.14. The van der Waals surface area contributed by atoms with Gasteiger partial charge in [-0.1, -0.05) is 6.92 Å². The van der Waals surface area contributed by atoms with E-state index in [1.807, 2.05) is 6.92 Å². The third kappa shape index (κ3) is 8.26. The van der Waals surface area contributed by atoms with Crippen molar-refractivity contribution in [3.05, 3.63) is 0 Å². The number of aliphatic hydroxyl groups excluding tert-OH is 1. The van der Waals surface area contributed by atoms with Gasteiger partial charge in [-0.25, -0.2) is 0 Å². The van der Waals surface area contributed by atoms with Crippen molar-refractivity contribution in [2.45, 2.75) is 65.1 Å². The lowest BCUT2D eigenvalue weighted by Gasteiger charge is -2.23. The molecule has 0 aliphatic heterocycles. The summed E-state index contributed by atoms with van der Waals surface area (Å²) in [6.45, 7) is 9.00. The molecule has 2 nitrogen and oxygen atoms in total. The van der Waals surface area contributed by atoms with Gasteiger partial charge in [-0.2, -0.15) is 0 Å². The third-order valence-electron chi connectivity index (χ3n) is 2.36. The van der Waals surface area contributed by atoms with Gasteiger partial charge in [0.2, 0.25) is 0 Å². The molecule has 0 heterocycles. The topological polar surface area (TPSA) is 29.5 Å². The van der Waals surface area contributed by atoms with E-state index in [0.29, 0.717) is 0 Å². The molecule has 0 aliphatic rings. The van der Waals surface area contributed by atoms with Gasteiger partial charge in [-0.05, 0) is 46.5 Å². The Morgan fingerprint density at radius 3 is 2.38 bits per heavy atom. The lowest BCUT2D eigenvalue weighted by atomic mass is 10.1. The van der Waals surface area contributed by atoms with E-state index in [-0.39, 0.29) is 11.7 Å². The molecule has 2 heteroatoms. The van der Waals surface area contributed by atoms with Gasteiger partial charge >= 0.3 is 0 Å². The van der Waals surface area contributed by atoms with Crippen LogP contribution in [0, 0.1) is 0 Å². The number of rotatable bonds is 7. The maximum Gasteiger partial charge on any atom is 0.0623 e. The highest BCUT2D eigenvalue weighted by Gasteiger charge is 2.14. The number of hydrogen-bond acceptors (Lipinski definition) is 2. The third-order valence-corrected chi connectivity index (χ3v) is 2.36. The van der Waals surface area contributed by atoms with Crippen LogP contribution in [0.2, 0.25) is 0 Å². The molecule has 0 bridgehead atoms. The smallest absolute Gasteiger partial charge is 0.0623 e. The fraction of sp³-hybridized carbons (Fsp3) is 1.00. The van der Waals surface area contributed by atoms with E-state index in [1.165, 1.54) is 0 Å². The molecule has 0 saturated heterocycles. The molecule has 0 aromatic carbocycles. The van der Waals surface area contributed by atoms with Crippen LogP contribution in [-0.4, -0.2) is 23.4 Å². The molecule has 1 N–H and O–H groups in total. The van der Waals surface area contributed by atoms with Crippen molar-refractivity contribution in [2.24, 2.45) is 0 Å². The number of ether oxygens (including phenoxy) is 1. The predicted molar refractivity (Wildman–Crippen MR) is 55.9 cm³/mol. The van der Waals surface area contributed by atoms with Crippen LogP contribution >= 0.6 is 0 Å². The molecule has 0 saturated carbocycles. The largest absolute Gasteiger partial charge is 0.393 e. The monoisotopic (exact) mass is 188 g/mol. The van der Waals surface area contributed by atoms with Gasteiger partial charge in [-0.3, -0.25) is 0 Å². The minimum atomic E-state index is -0.167. The summed E-state index contributed by atoms with van der Waals surface area (Å²) in [5.74, 6) is 0. The van der Waals surface area contributed by atoms with Crippen molar-refractivity contribution >= 4 is 0 Å². The molecule has 80 valence electrons. The molecular formula is C11H24O2. The van der Waals surface area contributed by atoms with E-state index >= 15 is 0 Å². The molecule has 0 amide bonds. The van der Waals surface area contributed by atoms with Crippen molar-refractivity contribution < 1.29 is 9.84 Å². The molecule has 0 aliphatic carbocycles. The summed E-state index contributed by atoms with van der Waals surface area (Å²) >= 11 is 0. The van der Waals surface area contributed by atoms with E-state index in [0.717, 1.165) is 32.3 Å². The van der Waals surface area contributed by atoms with Crippen LogP contribution in [0.4, 0.5) is 0 Å². The summed E-state index contributed by atoms with van der Waals surface area (Å²) in [6.07, 6.45) is 3.87. The maximum absolute atomic E-state index is 9.02. The van der Waals surface area contributed by atoms with Crippen LogP contribution in [0.25, 0.3) is 0 Å². The highest BCUT2D eigenvalue weighted by molar-refractivity contribution is 4.64. The van der Waals surface area contributed by atoms with Crippen LogP contribution in [-0.2, 0) is 4.74 Å². The Morgan fingerprint density at radius 1 is 1.31 bits per heavy atom. The molecule has 13 heavy (non-hydrogen) atoms. The summed E-state index contributed by atoms with van der Waals surface area (Å²) in [5, 5.41) is 9.02. The predicted octanol–water partition coefficient (Wildman–Crippen LogP) is 2.74. The van der Waals surface area contributed by atoms with Crippen LogP contribution in [0.5, 0.6) is 0 Å². The van der Waals surface area contributed by atoms with Gasteiger partial charge in [-0.15, -0.1) is 0 Å². The van der Waals surface area contributed by atoms with E-state index in [1.54, 1.807) is 0 Å². The van der Waals surface area contributed by atoms with Gasteiger partial charge in [0.1, 0.15) is 0 Å². The van der Waals surface area contributed by atoms with Crippen LogP contribution < -0.4 is 0 Å².